The van der Waals surface area contributed by atoms with Crippen molar-refractivity contribution in [2.45, 2.75) is 25.9 Å². The highest BCUT2D eigenvalue weighted by molar-refractivity contribution is 6.01. The summed E-state index contributed by atoms with van der Waals surface area (Å²) in [7, 11) is 0. The molecule has 6 heteroatoms. The number of anilines is 2. The van der Waals surface area contributed by atoms with Crippen LogP contribution >= 0.6 is 0 Å². The molecule has 1 atom stereocenters. The molecule has 0 saturated carbocycles. The molecule has 0 fully saturated rings. The molecule has 2 amide bonds. The zero-order chi connectivity index (χ0) is 21.6. The SMILES string of the molecule is CCC1Oc2ccccc2N(CCC(=O)Nc2ccccc2Oc2ccccc2)C1=O. The summed E-state index contributed by atoms with van der Waals surface area (Å²) in [4.78, 5) is 27.1. The van der Waals surface area contributed by atoms with Gasteiger partial charge in [-0.1, -0.05) is 49.4 Å². The van der Waals surface area contributed by atoms with Gasteiger partial charge in [0.05, 0.1) is 11.4 Å². The molecule has 31 heavy (non-hydrogen) atoms. The van der Waals surface area contributed by atoms with Gasteiger partial charge in [0, 0.05) is 13.0 Å². The molecule has 158 valence electrons. The first-order chi connectivity index (χ1) is 15.2. The Morgan fingerprint density at radius 3 is 2.52 bits per heavy atom. The Labute approximate surface area is 181 Å². The molecule has 3 aromatic rings. The van der Waals surface area contributed by atoms with Crippen molar-refractivity contribution in [1.29, 1.82) is 0 Å². The van der Waals surface area contributed by atoms with Gasteiger partial charge in [0.1, 0.15) is 11.5 Å². The van der Waals surface area contributed by atoms with Gasteiger partial charge in [-0.25, -0.2) is 0 Å². The van der Waals surface area contributed by atoms with E-state index in [4.69, 9.17) is 9.47 Å². The summed E-state index contributed by atoms with van der Waals surface area (Å²) in [6.45, 7) is 2.17. The van der Waals surface area contributed by atoms with Crippen molar-refractivity contribution in [2.24, 2.45) is 0 Å². The van der Waals surface area contributed by atoms with Crippen LogP contribution in [0.15, 0.2) is 78.9 Å². The Morgan fingerprint density at radius 1 is 1.00 bits per heavy atom. The van der Waals surface area contributed by atoms with Gasteiger partial charge in [-0.15, -0.1) is 0 Å². The van der Waals surface area contributed by atoms with E-state index in [2.05, 4.69) is 5.32 Å². The molecule has 4 rings (SSSR count). The first kappa shape index (κ1) is 20.5. The molecule has 0 aromatic heterocycles. The fourth-order valence-electron chi connectivity index (χ4n) is 3.47. The minimum atomic E-state index is -0.530. The highest BCUT2D eigenvalue weighted by Gasteiger charge is 2.33. The lowest BCUT2D eigenvalue weighted by atomic mass is 10.1. The number of benzene rings is 3. The second-order valence-electron chi connectivity index (χ2n) is 7.18. The topological polar surface area (TPSA) is 67.9 Å². The van der Waals surface area contributed by atoms with E-state index in [1.54, 1.807) is 17.0 Å². The number of rotatable bonds is 7. The van der Waals surface area contributed by atoms with Crippen LogP contribution < -0.4 is 19.7 Å². The van der Waals surface area contributed by atoms with Gasteiger partial charge in [0.15, 0.2) is 11.9 Å². The largest absolute Gasteiger partial charge is 0.478 e. The summed E-state index contributed by atoms with van der Waals surface area (Å²) in [5.41, 5.74) is 1.27. The molecule has 1 N–H and O–H groups in total. The molecule has 0 radical (unpaired) electrons. The molecule has 0 saturated heterocycles. The Hall–Kier alpha value is -3.80. The summed E-state index contributed by atoms with van der Waals surface area (Å²) in [6.07, 6.45) is 0.189. The van der Waals surface area contributed by atoms with E-state index < -0.39 is 6.10 Å². The molecule has 1 unspecified atom stereocenters. The summed E-state index contributed by atoms with van der Waals surface area (Å²) >= 11 is 0. The first-order valence-corrected chi connectivity index (χ1v) is 10.3. The number of carbonyl (C=O) groups is 2. The van der Waals surface area contributed by atoms with Crippen LogP contribution in [-0.4, -0.2) is 24.5 Å². The number of amides is 2. The molecule has 0 bridgehead atoms. The van der Waals surface area contributed by atoms with Crippen molar-refractivity contribution in [2.75, 3.05) is 16.8 Å². The Balaban J connectivity index is 1.44. The predicted octanol–water partition coefficient (Wildman–Crippen LogP) is 5.01. The molecule has 6 nitrogen and oxygen atoms in total. The third-order valence-electron chi connectivity index (χ3n) is 5.03. The first-order valence-electron chi connectivity index (χ1n) is 10.3. The normalized spacial score (nSPS) is 15.1. The van der Waals surface area contributed by atoms with Crippen LogP contribution in [0.5, 0.6) is 17.2 Å². The van der Waals surface area contributed by atoms with Crippen LogP contribution in [0, 0.1) is 0 Å². The van der Waals surface area contributed by atoms with Crippen molar-refractivity contribution in [1.82, 2.24) is 0 Å². The summed E-state index contributed by atoms with van der Waals surface area (Å²) in [5, 5.41) is 2.90. The maximum absolute atomic E-state index is 12.8. The van der Waals surface area contributed by atoms with Gasteiger partial charge in [-0.3, -0.25) is 9.59 Å². The van der Waals surface area contributed by atoms with Crippen molar-refractivity contribution in [3.63, 3.8) is 0 Å². The van der Waals surface area contributed by atoms with Crippen LogP contribution in [0.1, 0.15) is 19.8 Å². The molecule has 1 aliphatic heterocycles. The number of nitrogens with zero attached hydrogens (tertiary/aromatic N) is 1. The zero-order valence-electron chi connectivity index (χ0n) is 17.3. The van der Waals surface area contributed by atoms with Crippen LogP contribution in [0.2, 0.25) is 0 Å². The second kappa shape index (κ2) is 9.34. The van der Waals surface area contributed by atoms with Crippen molar-refractivity contribution >= 4 is 23.2 Å². The molecular weight excluding hydrogens is 392 g/mol. The summed E-state index contributed by atoms with van der Waals surface area (Å²) < 4.78 is 11.7. The minimum Gasteiger partial charge on any atom is -0.478 e. The minimum absolute atomic E-state index is 0.123. The second-order valence-corrected chi connectivity index (χ2v) is 7.18. The number of hydrogen-bond acceptors (Lipinski definition) is 4. The van der Waals surface area contributed by atoms with E-state index in [1.807, 2.05) is 73.7 Å². The van der Waals surface area contributed by atoms with Gasteiger partial charge in [-0.2, -0.15) is 0 Å². The average molecular weight is 416 g/mol. The monoisotopic (exact) mass is 416 g/mol. The molecule has 0 spiro atoms. The van der Waals surface area contributed by atoms with Crippen molar-refractivity contribution < 1.29 is 19.1 Å². The van der Waals surface area contributed by atoms with Gasteiger partial charge in [-0.05, 0) is 42.8 Å². The van der Waals surface area contributed by atoms with E-state index in [1.165, 1.54) is 0 Å². The van der Waals surface area contributed by atoms with E-state index >= 15 is 0 Å². The molecule has 3 aromatic carbocycles. The fourth-order valence-corrected chi connectivity index (χ4v) is 3.47. The molecule has 1 aliphatic rings. The highest BCUT2D eigenvalue weighted by atomic mass is 16.5. The third-order valence-corrected chi connectivity index (χ3v) is 5.03. The van der Waals surface area contributed by atoms with Gasteiger partial charge < -0.3 is 19.7 Å². The number of para-hydroxylation sites is 5. The highest BCUT2D eigenvalue weighted by Crippen LogP contribution is 2.34. The molecule has 1 heterocycles. The van der Waals surface area contributed by atoms with Gasteiger partial charge in [0.2, 0.25) is 5.91 Å². The Morgan fingerprint density at radius 2 is 1.71 bits per heavy atom. The average Bonchev–Trinajstić information content (AvgIpc) is 2.80. The van der Waals surface area contributed by atoms with Gasteiger partial charge in [0.25, 0.3) is 5.91 Å². The fraction of sp³-hybridized carbons (Fsp3) is 0.200. The number of ether oxygens (including phenoxy) is 2. The lowest BCUT2D eigenvalue weighted by molar-refractivity contribution is -0.126. The smallest absolute Gasteiger partial charge is 0.268 e. The van der Waals surface area contributed by atoms with E-state index in [-0.39, 0.29) is 24.8 Å². The standard InChI is InChI=1S/C25H24N2O4/c1-2-21-25(29)27(20-13-7-9-15-23(20)31-21)17-16-24(28)26-19-12-6-8-14-22(19)30-18-10-4-3-5-11-18/h3-15,21H,2,16-17H2,1H3,(H,26,28). The molecular formula is C25H24N2O4. The summed E-state index contributed by atoms with van der Waals surface area (Å²) in [5.74, 6) is 1.58. The number of nitrogens with one attached hydrogen (secondary N) is 1. The lowest BCUT2D eigenvalue weighted by Gasteiger charge is -2.33. The van der Waals surface area contributed by atoms with Crippen LogP contribution in [0.25, 0.3) is 0 Å². The van der Waals surface area contributed by atoms with Crippen LogP contribution in [0.4, 0.5) is 11.4 Å². The number of hydrogen-bond donors (Lipinski definition) is 1. The lowest BCUT2D eigenvalue weighted by Crippen LogP contribution is -2.46. The zero-order valence-corrected chi connectivity index (χ0v) is 17.3. The Kier molecular flexibility index (Phi) is 6.17. The van der Waals surface area contributed by atoms with Crippen LogP contribution in [0.3, 0.4) is 0 Å². The van der Waals surface area contributed by atoms with Gasteiger partial charge >= 0.3 is 0 Å². The maximum atomic E-state index is 12.8. The van der Waals surface area contributed by atoms with Crippen molar-refractivity contribution in [3.8, 4) is 17.2 Å². The number of carbonyl (C=O) groups excluding carboxylic acids is 2. The molecule has 0 aliphatic carbocycles. The van der Waals surface area contributed by atoms with E-state index in [0.717, 1.165) is 0 Å². The number of fused-ring (bicyclic) bond motifs is 1. The summed E-state index contributed by atoms with van der Waals surface area (Å²) in [6, 6.07) is 24.1. The Bertz CT molecular complexity index is 1070. The van der Waals surface area contributed by atoms with Crippen LogP contribution in [-0.2, 0) is 9.59 Å². The predicted molar refractivity (Wildman–Crippen MR) is 120 cm³/mol. The van der Waals surface area contributed by atoms with E-state index in [0.29, 0.717) is 35.0 Å². The third kappa shape index (κ3) is 4.69. The van der Waals surface area contributed by atoms with E-state index in [9.17, 15) is 9.59 Å². The quantitative estimate of drug-likeness (QED) is 0.588. The van der Waals surface area contributed by atoms with Crippen molar-refractivity contribution in [3.05, 3.63) is 78.9 Å². The maximum Gasteiger partial charge on any atom is 0.268 e.